The van der Waals surface area contributed by atoms with Gasteiger partial charge in [-0.15, -0.1) is 6.58 Å². The van der Waals surface area contributed by atoms with Crippen LogP contribution in [0, 0.1) is 0 Å². The van der Waals surface area contributed by atoms with Crippen molar-refractivity contribution in [3.8, 4) is 0 Å². The summed E-state index contributed by atoms with van der Waals surface area (Å²) in [6.07, 6.45) is 3.12. The fraction of sp³-hybridized carbons (Fsp3) is 0.714. The van der Waals surface area contributed by atoms with Crippen molar-refractivity contribution >= 4 is 0 Å². The van der Waals surface area contributed by atoms with E-state index >= 15 is 0 Å². The van der Waals surface area contributed by atoms with Crippen LogP contribution in [0.2, 0.25) is 0 Å². The molecule has 0 aromatic rings. The van der Waals surface area contributed by atoms with Crippen LogP contribution >= 0.6 is 0 Å². The highest BCUT2D eigenvalue weighted by Crippen LogP contribution is 1.58. The molecule has 54 valence electrons. The Kier molecular flexibility index (Phi) is 7.37. The van der Waals surface area contributed by atoms with Crippen molar-refractivity contribution in [1.29, 1.82) is 0 Å². The molecule has 0 amide bonds. The number of quaternary nitrogens is 1. The van der Waals surface area contributed by atoms with Gasteiger partial charge < -0.3 is 5.32 Å². The van der Waals surface area contributed by atoms with Crippen LogP contribution in [0.3, 0.4) is 0 Å². The van der Waals surface area contributed by atoms with E-state index in [0.29, 0.717) is 0 Å². The largest absolute Gasteiger partial charge is 0.334 e. The summed E-state index contributed by atoms with van der Waals surface area (Å²) in [6.45, 7) is 8.93. The van der Waals surface area contributed by atoms with E-state index in [1.54, 1.807) is 0 Å². The van der Waals surface area contributed by atoms with E-state index in [-0.39, 0.29) is 0 Å². The zero-order valence-corrected chi connectivity index (χ0v) is 6.19. The first-order chi connectivity index (χ1) is 4.41. The predicted molar refractivity (Wildman–Crippen MR) is 40.2 cm³/mol. The summed E-state index contributed by atoms with van der Waals surface area (Å²) in [6, 6.07) is 0. The van der Waals surface area contributed by atoms with Crippen molar-refractivity contribution in [2.75, 3.05) is 19.8 Å². The molecule has 9 heavy (non-hydrogen) atoms. The van der Waals surface area contributed by atoms with Crippen molar-refractivity contribution in [3.05, 3.63) is 12.7 Å². The van der Waals surface area contributed by atoms with Gasteiger partial charge in [-0.2, -0.15) is 0 Å². The topological polar surface area (TPSA) is 28.6 Å². The minimum Gasteiger partial charge on any atom is -0.334 e. The molecular weight excluding hydrogens is 112 g/mol. The second-order valence-electron chi connectivity index (χ2n) is 2.02. The zero-order valence-electron chi connectivity index (χ0n) is 6.19. The minimum atomic E-state index is 0.917. The van der Waals surface area contributed by atoms with E-state index in [9.17, 15) is 0 Å². The Bertz CT molecular complexity index is 61.9. The van der Waals surface area contributed by atoms with Crippen molar-refractivity contribution in [2.45, 2.75) is 13.3 Å². The highest BCUT2D eigenvalue weighted by atomic mass is 15.0. The first kappa shape index (κ1) is 8.66. The van der Waals surface area contributed by atoms with Gasteiger partial charge in [-0.3, -0.25) is 5.32 Å². The van der Waals surface area contributed by atoms with Crippen molar-refractivity contribution < 1.29 is 5.32 Å². The molecule has 0 fully saturated rings. The Hall–Kier alpha value is -0.340. The first-order valence-corrected chi connectivity index (χ1v) is 3.55. The molecule has 0 aliphatic rings. The van der Waals surface area contributed by atoms with Gasteiger partial charge in [0.1, 0.15) is 6.67 Å². The van der Waals surface area contributed by atoms with Crippen molar-refractivity contribution in [1.82, 2.24) is 5.32 Å². The molecule has 0 saturated heterocycles. The second kappa shape index (κ2) is 7.66. The summed E-state index contributed by atoms with van der Waals surface area (Å²) < 4.78 is 0. The smallest absolute Gasteiger partial charge is 0.129 e. The minimum absolute atomic E-state index is 0.917. The molecule has 2 heteroatoms. The molecule has 0 radical (unpaired) electrons. The molecule has 0 aliphatic heterocycles. The van der Waals surface area contributed by atoms with E-state index in [1.165, 1.54) is 13.0 Å². The highest BCUT2D eigenvalue weighted by Gasteiger charge is 1.82. The van der Waals surface area contributed by atoms with Crippen LogP contribution in [0.4, 0.5) is 0 Å². The third-order valence-corrected chi connectivity index (χ3v) is 1.07. The molecule has 0 unspecified atom stereocenters. The summed E-state index contributed by atoms with van der Waals surface area (Å²) in [5.41, 5.74) is 0. The molecule has 0 bridgehead atoms. The molecule has 0 aliphatic carbocycles. The fourth-order valence-corrected chi connectivity index (χ4v) is 0.594. The Morgan fingerprint density at radius 3 is 3.00 bits per heavy atom. The molecular formula is C7H17N2+. The molecule has 3 N–H and O–H groups in total. The van der Waals surface area contributed by atoms with Crippen LogP contribution in [-0.4, -0.2) is 19.8 Å². The van der Waals surface area contributed by atoms with Crippen LogP contribution in [0.1, 0.15) is 13.3 Å². The van der Waals surface area contributed by atoms with Crippen LogP contribution in [0.25, 0.3) is 0 Å². The Morgan fingerprint density at radius 1 is 1.67 bits per heavy atom. The number of nitrogens with two attached hydrogens (primary N) is 1. The van der Waals surface area contributed by atoms with Gasteiger partial charge in [-0.25, -0.2) is 0 Å². The Balaban J connectivity index is 2.66. The van der Waals surface area contributed by atoms with Gasteiger partial charge >= 0.3 is 0 Å². The number of rotatable bonds is 6. The summed E-state index contributed by atoms with van der Waals surface area (Å²) in [5, 5.41) is 5.45. The van der Waals surface area contributed by atoms with Crippen LogP contribution in [-0.2, 0) is 0 Å². The van der Waals surface area contributed by atoms with Gasteiger partial charge in [-0.05, 0) is 6.42 Å². The number of hydrogen-bond donors (Lipinski definition) is 2. The van der Waals surface area contributed by atoms with Gasteiger partial charge in [-0.1, -0.05) is 13.0 Å². The van der Waals surface area contributed by atoms with Crippen LogP contribution in [0.15, 0.2) is 12.7 Å². The average molecular weight is 129 g/mol. The number of hydrogen-bond acceptors (Lipinski definition) is 1. The summed E-state index contributed by atoms with van der Waals surface area (Å²) in [7, 11) is 0. The van der Waals surface area contributed by atoms with E-state index < -0.39 is 0 Å². The monoisotopic (exact) mass is 129 g/mol. The van der Waals surface area contributed by atoms with Gasteiger partial charge in [0.2, 0.25) is 0 Å². The molecule has 0 atom stereocenters. The third kappa shape index (κ3) is 7.66. The van der Waals surface area contributed by atoms with Gasteiger partial charge in [0, 0.05) is 6.54 Å². The lowest BCUT2D eigenvalue weighted by molar-refractivity contribution is -0.658. The van der Waals surface area contributed by atoms with E-state index in [4.69, 9.17) is 0 Å². The van der Waals surface area contributed by atoms with E-state index in [2.05, 4.69) is 24.1 Å². The maximum absolute atomic E-state index is 3.60. The molecule has 0 spiro atoms. The highest BCUT2D eigenvalue weighted by molar-refractivity contribution is 4.67. The van der Waals surface area contributed by atoms with Crippen LogP contribution < -0.4 is 10.6 Å². The average Bonchev–Trinajstić information content (AvgIpc) is 1.89. The standard InChI is InChI=1S/C7H16N2/c1-3-5-8-7-9-6-4-2/h3,8-9H,1,4-7H2,2H3/p+1. The normalized spacial score (nSPS) is 9.44. The second-order valence-corrected chi connectivity index (χ2v) is 2.02. The van der Waals surface area contributed by atoms with E-state index in [1.807, 2.05) is 6.08 Å². The number of nitrogens with one attached hydrogen (secondary N) is 1. The molecule has 0 heterocycles. The SMILES string of the molecule is C=CCNC[NH2+]CCC. The van der Waals surface area contributed by atoms with Gasteiger partial charge in [0.15, 0.2) is 0 Å². The quantitative estimate of drug-likeness (QED) is 0.287. The fourth-order valence-electron chi connectivity index (χ4n) is 0.594. The first-order valence-electron chi connectivity index (χ1n) is 3.55. The summed E-state index contributed by atoms with van der Waals surface area (Å²) >= 11 is 0. The van der Waals surface area contributed by atoms with Crippen molar-refractivity contribution in [2.24, 2.45) is 0 Å². The van der Waals surface area contributed by atoms with Gasteiger partial charge in [0.05, 0.1) is 6.54 Å². The lowest BCUT2D eigenvalue weighted by atomic mass is 10.5. The maximum atomic E-state index is 3.60. The van der Waals surface area contributed by atoms with Crippen LogP contribution in [0.5, 0.6) is 0 Å². The molecule has 2 nitrogen and oxygen atoms in total. The lowest BCUT2D eigenvalue weighted by Gasteiger charge is -1.98. The Labute approximate surface area is 57.3 Å². The summed E-state index contributed by atoms with van der Waals surface area (Å²) in [4.78, 5) is 0. The van der Waals surface area contributed by atoms with E-state index in [0.717, 1.165) is 13.2 Å². The van der Waals surface area contributed by atoms with Gasteiger partial charge in [0.25, 0.3) is 0 Å². The lowest BCUT2D eigenvalue weighted by Crippen LogP contribution is -2.87. The molecule has 0 aromatic carbocycles. The predicted octanol–water partition coefficient (Wildman–Crippen LogP) is -0.307. The zero-order chi connectivity index (χ0) is 6.95. The molecule has 0 aromatic heterocycles. The molecule has 0 saturated carbocycles. The molecule has 0 rings (SSSR count). The Morgan fingerprint density at radius 2 is 2.44 bits per heavy atom. The maximum Gasteiger partial charge on any atom is 0.129 e. The summed E-state index contributed by atoms with van der Waals surface area (Å²) in [5.74, 6) is 0. The van der Waals surface area contributed by atoms with Crippen molar-refractivity contribution in [3.63, 3.8) is 0 Å². The third-order valence-electron chi connectivity index (χ3n) is 1.07.